The summed E-state index contributed by atoms with van der Waals surface area (Å²) in [5.74, 6) is 0.386. The summed E-state index contributed by atoms with van der Waals surface area (Å²) in [6.45, 7) is 3.54. The number of nitrogens with one attached hydrogen (secondary N) is 1. The van der Waals surface area contributed by atoms with Crippen molar-refractivity contribution >= 4 is 42.4 Å². The van der Waals surface area contributed by atoms with Crippen LogP contribution in [0.5, 0.6) is 0 Å². The van der Waals surface area contributed by atoms with Crippen LogP contribution in [0, 0.1) is 13.8 Å². The Morgan fingerprint density at radius 3 is 2.71 bits per heavy atom. The monoisotopic (exact) mass is 365 g/mol. The highest BCUT2D eigenvalue weighted by Crippen LogP contribution is 2.28. The quantitative estimate of drug-likeness (QED) is 0.762. The van der Waals surface area contributed by atoms with Crippen molar-refractivity contribution in [2.45, 2.75) is 25.2 Å². The average Bonchev–Trinajstić information content (AvgIpc) is 3.02. The van der Waals surface area contributed by atoms with Crippen molar-refractivity contribution in [1.29, 1.82) is 0 Å². The van der Waals surface area contributed by atoms with Crippen LogP contribution in [0.3, 0.4) is 0 Å². The first-order valence-electron chi connectivity index (χ1n) is 7.06. The Morgan fingerprint density at radius 2 is 2.08 bits per heavy atom. The molecule has 0 unspecified atom stereocenters. The maximum absolute atomic E-state index is 12.2. The van der Waals surface area contributed by atoms with E-state index >= 15 is 0 Å². The second kappa shape index (κ2) is 5.99. The summed E-state index contributed by atoms with van der Waals surface area (Å²) in [6, 6.07) is 4.70. The highest BCUT2D eigenvalue weighted by atomic mass is 32.2. The highest BCUT2D eigenvalue weighted by molar-refractivity contribution is 7.90. The molecule has 3 aromatic rings. The number of anilines is 1. The molecule has 3 rings (SSSR count). The summed E-state index contributed by atoms with van der Waals surface area (Å²) in [7, 11) is -3.28. The molecule has 0 bridgehead atoms. The molecule has 0 aliphatic carbocycles. The summed E-state index contributed by atoms with van der Waals surface area (Å²) in [5, 5.41) is 6.97. The molecule has 2 aromatic heterocycles. The van der Waals surface area contributed by atoms with E-state index in [2.05, 4.69) is 15.5 Å². The van der Waals surface area contributed by atoms with Gasteiger partial charge in [-0.15, -0.1) is 0 Å². The van der Waals surface area contributed by atoms with E-state index in [1.165, 1.54) is 17.4 Å². The van der Waals surface area contributed by atoms with Gasteiger partial charge in [-0.1, -0.05) is 16.5 Å². The van der Waals surface area contributed by atoms with Crippen molar-refractivity contribution in [3.63, 3.8) is 0 Å². The summed E-state index contributed by atoms with van der Waals surface area (Å²) in [4.78, 5) is 16.7. The summed E-state index contributed by atoms with van der Waals surface area (Å²) >= 11 is 1.23. The number of carbonyl (C=O) groups is 1. The van der Waals surface area contributed by atoms with Crippen molar-refractivity contribution < 1.29 is 17.7 Å². The molecule has 1 N–H and O–H groups in total. The summed E-state index contributed by atoms with van der Waals surface area (Å²) < 4.78 is 28.9. The second-order valence-electron chi connectivity index (χ2n) is 5.45. The van der Waals surface area contributed by atoms with E-state index in [1.54, 1.807) is 26.0 Å². The Hall–Kier alpha value is -2.26. The van der Waals surface area contributed by atoms with Crippen LogP contribution >= 0.6 is 11.3 Å². The standard InChI is InChI=1S/C15H15N3O4S2/c1-8-11(9(2)22-18-8)7-14(19)17-15-16-12-5-4-10(24(3,20)21)6-13(12)23-15/h4-6H,7H2,1-3H3,(H,16,17,19). The number of carbonyl (C=O) groups excluding carboxylic acids is 1. The number of benzene rings is 1. The van der Waals surface area contributed by atoms with E-state index < -0.39 is 9.84 Å². The van der Waals surface area contributed by atoms with E-state index in [0.717, 1.165) is 11.8 Å². The molecular weight excluding hydrogens is 350 g/mol. The third-order valence-electron chi connectivity index (χ3n) is 3.55. The number of rotatable bonds is 4. The number of amides is 1. The molecule has 0 aliphatic rings. The van der Waals surface area contributed by atoms with Crippen LogP contribution in [0.1, 0.15) is 17.0 Å². The Morgan fingerprint density at radius 1 is 1.33 bits per heavy atom. The van der Waals surface area contributed by atoms with Crippen LogP contribution < -0.4 is 5.32 Å². The average molecular weight is 365 g/mol. The van der Waals surface area contributed by atoms with Crippen molar-refractivity contribution in [3.8, 4) is 0 Å². The first-order chi connectivity index (χ1) is 11.2. The fourth-order valence-electron chi connectivity index (χ4n) is 2.27. The van der Waals surface area contributed by atoms with Crippen LogP contribution in [-0.4, -0.2) is 30.7 Å². The number of aryl methyl sites for hydroxylation is 2. The van der Waals surface area contributed by atoms with Gasteiger partial charge in [0.05, 0.1) is 27.2 Å². The van der Waals surface area contributed by atoms with E-state index in [0.29, 0.717) is 26.8 Å². The third-order valence-corrected chi connectivity index (χ3v) is 5.60. The van der Waals surface area contributed by atoms with Crippen molar-refractivity contribution in [1.82, 2.24) is 10.1 Å². The van der Waals surface area contributed by atoms with Gasteiger partial charge in [0.2, 0.25) is 5.91 Å². The predicted octanol–water partition coefficient (Wildman–Crippen LogP) is 2.49. The fraction of sp³-hybridized carbons (Fsp3) is 0.267. The number of hydrogen-bond donors (Lipinski definition) is 1. The van der Waals surface area contributed by atoms with Gasteiger partial charge in [-0.2, -0.15) is 0 Å². The molecule has 126 valence electrons. The predicted molar refractivity (Wildman–Crippen MR) is 91.0 cm³/mol. The number of fused-ring (bicyclic) bond motifs is 1. The molecule has 9 heteroatoms. The Kier molecular flexibility index (Phi) is 4.14. The lowest BCUT2D eigenvalue weighted by molar-refractivity contribution is -0.115. The van der Waals surface area contributed by atoms with Crippen LogP contribution in [0.15, 0.2) is 27.6 Å². The number of nitrogens with zero attached hydrogens (tertiary/aromatic N) is 2. The van der Waals surface area contributed by atoms with Crippen molar-refractivity contribution in [2.75, 3.05) is 11.6 Å². The third kappa shape index (κ3) is 3.31. The molecule has 0 atom stereocenters. The molecule has 1 amide bonds. The zero-order valence-corrected chi connectivity index (χ0v) is 14.9. The van der Waals surface area contributed by atoms with Crippen LogP contribution in [-0.2, 0) is 21.1 Å². The Bertz CT molecular complexity index is 1010. The van der Waals surface area contributed by atoms with Gasteiger partial charge in [-0.05, 0) is 32.0 Å². The van der Waals surface area contributed by atoms with Crippen molar-refractivity contribution in [3.05, 3.63) is 35.2 Å². The molecule has 0 saturated carbocycles. The van der Waals surface area contributed by atoms with E-state index in [1.807, 2.05) is 0 Å². The molecule has 0 fully saturated rings. The molecular formula is C15H15N3O4S2. The lowest BCUT2D eigenvalue weighted by Gasteiger charge is -2.00. The van der Waals surface area contributed by atoms with Crippen LogP contribution in [0.4, 0.5) is 5.13 Å². The SMILES string of the molecule is Cc1noc(C)c1CC(=O)Nc1nc2ccc(S(C)(=O)=O)cc2s1. The smallest absolute Gasteiger partial charge is 0.230 e. The largest absolute Gasteiger partial charge is 0.361 e. The molecule has 7 nitrogen and oxygen atoms in total. The van der Waals surface area contributed by atoms with Gasteiger partial charge in [-0.25, -0.2) is 13.4 Å². The molecule has 24 heavy (non-hydrogen) atoms. The minimum Gasteiger partial charge on any atom is -0.361 e. The molecule has 0 aliphatic heterocycles. The van der Waals surface area contributed by atoms with Crippen molar-refractivity contribution in [2.24, 2.45) is 0 Å². The first-order valence-corrected chi connectivity index (χ1v) is 9.77. The maximum atomic E-state index is 12.2. The Labute approximate surface area is 142 Å². The summed E-state index contributed by atoms with van der Waals surface area (Å²) in [6.07, 6.45) is 1.30. The zero-order chi connectivity index (χ0) is 17.5. The zero-order valence-electron chi connectivity index (χ0n) is 13.3. The van der Waals surface area contributed by atoms with Gasteiger partial charge in [0.25, 0.3) is 0 Å². The van der Waals surface area contributed by atoms with Gasteiger partial charge >= 0.3 is 0 Å². The molecule has 0 saturated heterocycles. The summed E-state index contributed by atoms with van der Waals surface area (Å²) in [5.41, 5.74) is 2.08. The minimum absolute atomic E-state index is 0.145. The maximum Gasteiger partial charge on any atom is 0.230 e. The number of aromatic nitrogens is 2. The molecule has 0 spiro atoms. The highest BCUT2D eigenvalue weighted by Gasteiger charge is 2.16. The van der Waals surface area contributed by atoms with E-state index in [-0.39, 0.29) is 17.2 Å². The van der Waals surface area contributed by atoms with E-state index in [4.69, 9.17) is 4.52 Å². The Balaban J connectivity index is 1.81. The lowest BCUT2D eigenvalue weighted by atomic mass is 10.1. The van der Waals surface area contributed by atoms with Gasteiger partial charge in [0, 0.05) is 11.8 Å². The molecule has 0 radical (unpaired) electrons. The lowest BCUT2D eigenvalue weighted by Crippen LogP contribution is -2.14. The molecule has 1 aromatic carbocycles. The van der Waals surface area contributed by atoms with E-state index in [9.17, 15) is 13.2 Å². The number of thiazole rings is 1. The molecule has 2 heterocycles. The van der Waals surface area contributed by atoms with Gasteiger partial charge in [-0.3, -0.25) is 4.79 Å². The fourth-order valence-corrected chi connectivity index (χ4v) is 3.91. The van der Waals surface area contributed by atoms with Gasteiger partial charge in [0.15, 0.2) is 15.0 Å². The second-order valence-corrected chi connectivity index (χ2v) is 8.49. The van der Waals surface area contributed by atoms with Gasteiger partial charge in [0.1, 0.15) is 5.76 Å². The first kappa shape index (κ1) is 16.6. The van der Waals surface area contributed by atoms with Gasteiger partial charge < -0.3 is 9.84 Å². The minimum atomic E-state index is -3.28. The van der Waals surface area contributed by atoms with Crippen LogP contribution in [0.25, 0.3) is 10.2 Å². The number of hydrogen-bond acceptors (Lipinski definition) is 7. The normalized spacial score (nSPS) is 11.8. The topological polar surface area (TPSA) is 102 Å². The number of sulfone groups is 1. The van der Waals surface area contributed by atoms with Crippen LogP contribution in [0.2, 0.25) is 0 Å².